The Bertz CT molecular complexity index is 2860. The molecule has 0 atom stereocenters. The molecule has 6 heteroatoms. The molecular formula is C48H30N4S2. The summed E-state index contributed by atoms with van der Waals surface area (Å²) in [6.07, 6.45) is 3.79. The molecule has 0 saturated heterocycles. The van der Waals surface area contributed by atoms with Crippen LogP contribution in [0.15, 0.2) is 180 Å². The van der Waals surface area contributed by atoms with Gasteiger partial charge in [-0.15, -0.1) is 22.7 Å². The second-order valence-corrected chi connectivity index (χ2v) is 14.6. The molecule has 6 aromatic carbocycles. The van der Waals surface area contributed by atoms with Gasteiger partial charge in [0.15, 0.2) is 0 Å². The van der Waals surface area contributed by atoms with Crippen molar-refractivity contribution in [1.82, 2.24) is 19.9 Å². The van der Waals surface area contributed by atoms with Gasteiger partial charge in [0.05, 0.1) is 33.8 Å². The van der Waals surface area contributed by atoms with Crippen molar-refractivity contribution < 1.29 is 0 Å². The first-order chi connectivity index (χ1) is 26.8. The van der Waals surface area contributed by atoms with Crippen LogP contribution in [-0.4, -0.2) is 19.9 Å². The lowest BCUT2D eigenvalue weighted by atomic mass is 9.86. The van der Waals surface area contributed by atoms with Crippen LogP contribution >= 0.6 is 22.7 Å². The number of aromatic nitrogens is 4. The van der Waals surface area contributed by atoms with Crippen molar-refractivity contribution in [3.63, 3.8) is 0 Å². The van der Waals surface area contributed by atoms with Crippen molar-refractivity contribution in [1.29, 1.82) is 0 Å². The van der Waals surface area contributed by atoms with Crippen LogP contribution in [-0.2, 0) is 0 Å². The maximum Gasteiger partial charge on any atom is 0.0812 e. The molecule has 0 unspecified atom stereocenters. The van der Waals surface area contributed by atoms with E-state index >= 15 is 0 Å². The van der Waals surface area contributed by atoms with Gasteiger partial charge in [-0.05, 0) is 103 Å². The average molecular weight is 727 g/mol. The monoisotopic (exact) mass is 726 g/mol. The second-order valence-electron chi connectivity index (χ2n) is 13.2. The largest absolute Gasteiger partial charge is 0.256 e. The SMILES string of the molecule is c1ccc(-c2cc(-c3ccccc3)cc(-c3ccc4c(-c5cc(-c6cscn6)ccn5)c5ccccc5c(-c5cc(-c6cscn6)ccn5)c4c3)c2)cc1. The minimum Gasteiger partial charge on any atom is -0.256 e. The predicted molar refractivity (Wildman–Crippen MR) is 226 cm³/mol. The molecule has 0 aliphatic heterocycles. The second kappa shape index (κ2) is 13.7. The highest BCUT2D eigenvalue weighted by Gasteiger charge is 2.20. The first kappa shape index (κ1) is 32.1. The van der Waals surface area contributed by atoms with Crippen molar-refractivity contribution in [3.8, 4) is 78.4 Å². The molecule has 0 aliphatic carbocycles. The van der Waals surface area contributed by atoms with E-state index in [2.05, 4.69) is 154 Å². The highest BCUT2D eigenvalue weighted by molar-refractivity contribution is 7.08. The van der Waals surface area contributed by atoms with Crippen LogP contribution in [0.4, 0.5) is 0 Å². The first-order valence-corrected chi connectivity index (χ1v) is 19.6. The van der Waals surface area contributed by atoms with Gasteiger partial charge in [0, 0.05) is 45.4 Å². The maximum absolute atomic E-state index is 5.03. The van der Waals surface area contributed by atoms with Crippen molar-refractivity contribution >= 4 is 44.2 Å². The highest BCUT2D eigenvalue weighted by atomic mass is 32.1. The maximum atomic E-state index is 5.03. The Balaban J connectivity index is 1.27. The van der Waals surface area contributed by atoms with E-state index in [1.165, 1.54) is 22.3 Å². The van der Waals surface area contributed by atoms with Crippen LogP contribution in [0, 0.1) is 0 Å². The van der Waals surface area contributed by atoms with Gasteiger partial charge in [-0.1, -0.05) is 97.1 Å². The number of hydrogen-bond donors (Lipinski definition) is 0. The fourth-order valence-corrected chi connectivity index (χ4v) is 8.58. The third kappa shape index (κ3) is 5.88. The van der Waals surface area contributed by atoms with E-state index in [4.69, 9.17) is 9.97 Å². The molecule has 54 heavy (non-hydrogen) atoms. The Morgan fingerprint density at radius 1 is 0.296 bits per heavy atom. The van der Waals surface area contributed by atoms with Crippen LogP contribution in [0.3, 0.4) is 0 Å². The minimum atomic E-state index is 0.901. The quantitative estimate of drug-likeness (QED) is 0.153. The van der Waals surface area contributed by atoms with E-state index in [0.29, 0.717) is 0 Å². The van der Waals surface area contributed by atoms with Crippen LogP contribution in [0.25, 0.3) is 100.0 Å². The van der Waals surface area contributed by atoms with Crippen LogP contribution < -0.4 is 0 Å². The van der Waals surface area contributed by atoms with Gasteiger partial charge in [0.2, 0.25) is 0 Å². The summed E-state index contributed by atoms with van der Waals surface area (Å²) in [7, 11) is 0. The molecule has 0 spiro atoms. The lowest BCUT2D eigenvalue weighted by molar-refractivity contribution is 1.31. The van der Waals surface area contributed by atoms with E-state index in [-0.39, 0.29) is 0 Å². The standard InChI is InChI=1S/C48H30N4S2/c1-3-9-31(10-4-1)36-21-37(32-11-5-2-6-12-32)23-38(22-36)33-15-16-41-42(24-33)48(44-26-35(18-20-50-44)46-28-54-30-52-46)40-14-8-7-13-39(40)47(41)43-25-34(17-19-49-43)45-27-53-29-51-45/h1-30H. The Morgan fingerprint density at radius 2 is 0.759 bits per heavy atom. The third-order valence-corrected chi connectivity index (χ3v) is 11.2. The van der Waals surface area contributed by atoms with E-state index in [1.807, 2.05) is 35.5 Å². The Morgan fingerprint density at radius 3 is 1.26 bits per heavy atom. The van der Waals surface area contributed by atoms with Crippen molar-refractivity contribution in [2.45, 2.75) is 0 Å². The van der Waals surface area contributed by atoms with Gasteiger partial charge >= 0.3 is 0 Å². The Labute approximate surface area is 320 Å². The normalized spacial score (nSPS) is 11.3. The van der Waals surface area contributed by atoms with Gasteiger partial charge in [0.1, 0.15) is 0 Å². The van der Waals surface area contributed by atoms with E-state index in [0.717, 1.165) is 77.7 Å². The van der Waals surface area contributed by atoms with Crippen molar-refractivity contribution in [2.24, 2.45) is 0 Å². The third-order valence-electron chi connectivity index (χ3n) is 9.99. The van der Waals surface area contributed by atoms with Crippen LogP contribution in [0.1, 0.15) is 0 Å². The van der Waals surface area contributed by atoms with Crippen molar-refractivity contribution in [3.05, 3.63) is 180 Å². The summed E-state index contributed by atoms with van der Waals surface area (Å²) in [4.78, 5) is 19.3. The first-order valence-electron chi connectivity index (χ1n) is 17.7. The lowest BCUT2D eigenvalue weighted by Crippen LogP contribution is -1.95. The van der Waals surface area contributed by atoms with Gasteiger partial charge in [-0.3, -0.25) is 9.97 Å². The zero-order valence-electron chi connectivity index (χ0n) is 28.9. The molecular weight excluding hydrogens is 697 g/mol. The summed E-state index contributed by atoms with van der Waals surface area (Å²) in [6.45, 7) is 0. The van der Waals surface area contributed by atoms with Crippen LogP contribution in [0.2, 0.25) is 0 Å². The summed E-state index contributed by atoms with van der Waals surface area (Å²) < 4.78 is 0. The number of pyridine rings is 2. The summed E-state index contributed by atoms with van der Waals surface area (Å²) >= 11 is 3.19. The molecule has 0 saturated carbocycles. The number of benzene rings is 6. The number of fused-ring (bicyclic) bond motifs is 2. The lowest BCUT2D eigenvalue weighted by Gasteiger charge is -2.19. The number of hydrogen-bond acceptors (Lipinski definition) is 6. The minimum absolute atomic E-state index is 0.901. The van der Waals surface area contributed by atoms with Gasteiger partial charge in [0.25, 0.3) is 0 Å². The molecule has 4 heterocycles. The summed E-state index contributed by atoms with van der Waals surface area (Å²) in [5.41, 5.74) is 18.7. The highest BCUT2D eigenvalue weighted by Crippen LogP contribution is 2.45. The summed E-state index contributed by atoms with van der Waals surface area (Å²) in [5, 5.41) is 8.62. The zero-order chi connectivity index (χ0) is 35.8. The fraction of sp³-hybridized carbons (Fsp3) is 0. The summed E-state index contributed by atoms with van der Waals surface area (Å²) in [6, 6.07) is 52.1. The van der Waals surface area contributed by atoms with Crippen molar-refractivity contribution in [2.75, 3.05) is 0 Å². The molecule has 4 aromatic heterocycles. The molecule has 10 rings (SSSR count). The number of nitrogens with zero attached hydrogens (tertiary/aromatic N) is 4. The van der Waals surface area contributed by atoms with E-state index in [9.17, 15) is 0 Å². The van der Waals surface area contributed by atoms with E-state index in [1.54, 1.807) is 22.7 Å². The smallest absolute Gasteiger partial charge is 0.0812 e. The van der Waals surface area contributed by atoms with Gasteiger partial charge < -0.3 is 0 Å². The zero-order valence-corrected chi connectivity index (χ0v) is 30.6. The molecule has 0 radical (unpaired) electrons. The molecule has 254 valence electrons. The number of rotatable bonds is 7. The van der Waals surface area contributed by atoms with E-state index < -0.39 is 0 Å². The molecule has 4 nitrogen and oxygen atoms in total. The van der Waals surface area contributed by atoms with Crippen LogP contribution in [0.5, 0.6) is 0 Å². The molecule has 10 aromatic rings. The molecule has 0 bridgehead atoms. The Hall–Kier alpha value is -6.60. The topological polar surface area (TPSA) is 51.6 Å². The predicted octanol–water partition coefficient (Wildman–Crippen LogP) is 13.4. The Kier molecular flexibility index (Phi) is 8.17. The fourth-order valence-electron chi connectivity index (χ4n) is 7.46. The summed E-state index contributed by atoms with van der Waals surface area (Å²) in [5.74, 6) is 0. The molecule has 0 aliphatic rings. The van der Waals surface area contributed by atoms with Gasteiger partial charge in [-0.25, -0.2) is 9.97 Å². The molecule has 0 N–H and O–H groups in total. The molecule has 0 amide bonds. The number of thiazole rings is 2. The molecule has 0 fully saturated rings. The van der Waals surface area contributed by atoms with Gasteiger partial charge in [-0.2, -0.15) is 0 Å². The average Bonchev–Trinajstić information content (AvgIpc) is 4.00.